The maximum absolute atomic E-state index is 12.7. The maximum atomic E-state index is 12.7. The second-order valence-corrected chi connectivity index (χ2v) is 11.1. The smallest absolute Gasteiger partial charge is 0.427 e. The van der Waals surface area contributed by atoms with Crippen molar-refractivity contribution < 1.29 is 32.3 Å². The Hall–Kier alpha value is -2.37. The van der Waals surface area contributed by atoms with Crippen molar-refractivity contribution in [2.75, 3.05) is 0 Å². The van der Waals surface area contributed by atoms with E-state index in [1.54, 1.807) is 26.8 Å². The predicted molar refractivity (Wildman–Crippen MR) is 129 cm³/mol. The molecule has 2 heterocycles. The summed E-state index contributed by atoms with van der Waals surface area (Å²) in [6, 6.07) is 5.48. The van der Waals surface area contributed by atoms with Crippen molar-refractivity contribution in [3.05, 3.63) is 40.4 Å². The fourth-order valence-corrected chi connectivity index (χ4v) is 5.06. The van der Waals surface area contributed by atoms with Gasteiger partial charge in [-0.05, 0) is 77.1 Å². The summed E-state index contributed by atoms with van der Waals surface area (Å²) in [6.45, 7) is 7.19. The van der Waals surface area contributed by atoms with Gasteiger partial charge in [0, 0.05) is 10.9 Å². The number of aromatic nitrogens is 3. The minimum atomic E-state index is -4.24. The van der Waals surface area contributed by atoms with Gasteiger partial charge in [0.05, 0.1) is 37.4 Å². The van der Waals surface area contributed by atoms with Crippen molar-refractivity contribution in [3.8, 4) is 5.69 Å². The van der Waals surface area contributed by atoms with Crippen molar-refractivity contribution in [3.63, 3.8) is 0 Å². The zero-order chi connectivity index (χ0) is 27.0. The average molecular weight is 545 g/mol. The van der Waals surface area contributed by atoms with E-state index in [2.05, 4.69) is 10.2 Å². The van der Waals surface area contributed by atoms with Crippen LogP contribution < -0.4 is 0 Å². The lowest BCUT2D eigenvalue weighted by molar-refractivity contribution is -0.166. The molecule has 0 bridgehead atoms. The molecule has 1 unspecified atom stereocenters. The number of halogens is 4. The van der Waals surface area contributed by atoms with Gasteiger partial charge in [-0.3, -0.25) is 4.57 Å². The summed E-state index contributed by atoms with van der Waals surface area (Å²) in [5, 5.41) is 10.9. The van der Waals surface area contributed by atoms with Crippen LogP contribution in [-0.4, -0.2) is 50.0 Å². The molecule has 1 aliphatic carbocycles. The number of hydrogen-bond acceptors (Lipinski definition) is 7. The van der Waals surface area contributed by atoms with Crippen LogP contribution >= 0.6 is 11.6 Å². The molecule has 8 nitrogen and oxygen atoms in total. The highest BCUT2D eigenvalue weighted by Crippen LogP contribution is 2.37. The number of carbonyl (C=O) groups excluding carboxylic acids is 1. The first kappa shape index (κ1) is 27.7. The summed E-state index contributed by atoms with van der Waals surface area (Å²) in [4.78, 5) is 17.8. The Balaban J connectivity index is 1.51. The molecule has 1 saturated carbocycles. The zero-order valence-electron chi connectivity index (χ0n) is 21.3. The Labute approximate surface area is 219 Å². The van der Waals surface area contributed by atoms with Gasteiger partial charge in [-0.25, -0.2) is 4.79 Å². The molecule has 1 atom stereocenters. The van der Waals surface area contributed by atoms with Crippen molar-refractivity contribution in [1.29, 1.82) is 0 Å². The second-order valence-electron chi connectivity index (χ2n) is 10.7. The molecular weight excluding hydrogens is 513 g/mol. The van der Waals surface area contributed by atoms with Gasteiger partial charge in [-0.15, -0.1) is 15.3 Å². The highest BCUT2D eigenvalue weighted by atomic mass is 35.5. The Bertz CT molecular complexity index is 1110. The molecule has 4 rings (SSSR count). The maximum Gasteiger partial charge on any atom is 0.528 e. The third-order valence-electron chi connectivity index (χ3n) is 6.28. The number of hydroxylamine groups is 2. The SMILES string of the molecule is CC(CC(F)(F)F)O[C@H]1CC[C@H](c2nnc3n2-c2ccc(Cl)cc2CN(OC(=O)OC(C)(C)C)C3)CC1. The number of fused-ring (bicyclic) bond motifs is 3. The van der Waals surface area contributed by atoms with E-state index in [1.807, 2.05) is 16.7 Å². The number of hydrogen-bond donors (Lipinski definition) is 0. The van der Waals surface area contributed by atoms with E-state index >= 15 is 0 Å². The van der Waals surface area contributed by atoms with Gasteiger partial charge in [0.1, 0.15) is 11.4 Å². The second kappa shape index (κ2) is 10.8. The van der Waals surface area contributed by atoms with Crippen LogP contribution in [0.2, 0.25) is 5.02 Å². The van der Waals surface area contributed by atoms with E-state index in [1.165, 1.54) is 12.0 Å². The minimum Gasteiger partial charge on any atom is -0.427 e. The topological polar surface area (TPSA) is 78.7 Å². The number of nitrogens with zero attached hydrogens (tertiary/aromatic N) is 4. The highest BCUT2D eigenvalue weighted by molar-refractivity contribution is 6.30. The van der Waals surface area contributed by atoms with Crippen LogP contribution in [0.15, 0.2) is 18.2 Å². The Morgan fingerprint density at radius 3 is 2.49 bits per heavy atom. The van der Waals surface area contributed by atoms with Crippen LogP contribution in [0.3, 0.4) is 0 Å². The van der Waals surface area contributed by atoms with Crippen LogP contribution in [0.4, 0.5) is 18.0 Å². The van der Waals surface area contributed by atoms with Crippen LogP contribution in [-0.2, 0) is 27.4 Å². The number of ether oxygens (including phenoxy) is 2. The number of rotatable bonds is 5. The van der Waals surface area contributed by atoms with Crippen LogP contribution in [0, 0.1) is 0 Å². The molecule has 0 radical (unpaired) electrons. The summed E-state index contributed by atoms with van der Waals surface area (Å²) in [6.07, 6.45) is -4.42. The Kier molecular flexibility index (Phi) is 8.06. The number of benzene rings is 1. The standard InChI is InChI=1S/C25H32ClF3N4O4/c1-15(12-25(27,28)29)35-19-8-5-16(6-9-19)22-31-30-21-14-32(37-23(34)36-24(2,3)4)13-17-11-18(26)7-10-20(17)33(21)22/h7,10-11,15-16,19H,5-6,8-9,12-14H2,1-4H3/t15?,16-,19-. The van der Waals surface area contributed by atoms with Gasteiger partial charge in [0.2, 0.25) is 0 Å². The van der Waals surface area contributed by atoms with Gasteiger partial charge in [-0.2, -0.15) is 13.2 Å². The van der Waals surface area contributed by atoms with Gasteiger partial charge in [0.25, 0.3) is 0 Å². The lowest BCUT2D eigenvalue weighted by Gasteiger charge is -2.30. The zero-order valence-corrected chi connectivity index (χ0v) is 22.1. The molecular formula is C25H32ClF3N4O4. The summed E-state index contributed by atoms with van der Waals surface area (Å²) < 4.78 is 51.0. The molecule has 0 N–H and O–H groups in total. The molecule has 1 aromatic carbocycles. The first-order valence-corrected chi connectivity index (χ1v) is 12.8. The molecule has 37 heavy (non-hydrogen) atoms. The molecule has 0 amide bonds. The van der Waals surface area contributed by atoms with E-state index in [0.717, 1.165) is 17.1 Å². The molecule has 0 spiro atoms. The Morgan fingerprint density at radius 2 is 1.84 bits per heavy atom. The van der Waals surface area contributed by atoms with Crippen molar-refractivity contribution in [2.24, 2.45) is 0 Å². The lowest BCUT2D eigenvalue weighted by Crippen LogP contribution is -2.31. The molecule has 2 aliphatic rings. The van der Waals surface area contributed by atoms with Gasteiger partial charge in [-0.1, -0.05) is 11.6 Å². The normalized spacial score (nSPS) is 21.5. The van der Waals surface area contributed by atoms with Gasteiger partial charge < -0.3 is 14.3 Å². The first-order chi connectivity index (χ1) is 17.3. The Morgan fingerprint density at radius 1 is 1.14 bits per heavy atom. The largest absolute Gasteiger partial charge is 0.528 e. The highest BCUT2D eigenvalue weighted by Gasteiger charge is 2.35. The molecule has 2 aromatic rings. The summed E-state index contributed by atoms with van der Waals surface area (Å²) >= 11 is 6.28. The molecule has 1 fully saturated rings. The summed E-state index contributed by atoms with van der Waals surface area (Å²) in [5.41, 5.74) is 0.963. The van der Waals surface area contributed by atoms with Crippen LogP contribution in [0.5, 0.6) is 0 Å². The van der Waals surface area contributed by atoms with E-state index in [-0.39, 0.29) is 25.1 Å². The first-order valence-electron chi connectivity index (χ1n) is 12.4. The molecule has 12 heteroatoms. The van der Waals surface area contributed by atoms with Crippen molar-refractivity contribution >= 4 is 17.8 Å². The van der Waals surface area contributed by atoms with Gasteiger partial charge in [0.15, 0.2) is 5.82 Å². The molecule has 1 aliphatic heterocycles. The van der Waals surface area contributed by atoms with Crippen LogP contribution in [0.25, 0.3) is 5.69 Å². The van der Waals surface area contributed by atoms with Crippen LogP contribution in [0.1, 0.15) is 82.9 Å². The summed E-state index contributed by atoms with van der Waals surface area (Å²) in [7, 11) is 0. The quantitative estimate of drug-likeness (QED) is 0.398. The van der Waals surface area contributed by atoms with E-state index in [9.17, 15) is 18.0 Å². The molecule has 1 aromatic heterocycles. The fourth-order valence-electron chi connectivity index (χ4n) is 4.86. The summed E-state index contributed by atoms with van der Waals surface area (Å²) in [5.74, 6) is 1.41. The van der Waals surface area contributed by atoms with Crippen molar-refractivity contribution in [1.82, 2.24) is 19.8 Å². The molecule has 0 saturated heterocycles. The van der Waals surface area contributed by atoms with E-state index in [4.69, 9.17) is 25.9 Å². The fraction of sp³-hybridized carbons (Fsp3) is 0.640. The predicted octanol–water partition coefficient (Wildman–Crippen LogP) is 6.49. The third kappa shape index (κ3) is 7.36. The van der Waals surface area contributed by atoms with E-state index in [0.29, 0.717) is 36.5 Å². The number of carbonyl (C=O) groups is 1. The number of alkyl halides is 3. The average Bonchev–Trinajstić information content (AvgIpc) is 3.08. The third-order valence-corrected chi connectivity index (χ3v) is 6.51. The van der Waals surface area contributed by atoms with Gasteiger partial charge >= 0.3 is 12.3 Å². The van der Waals surface area contributed by atoms with Crippen molar-refractivity contribution in [2.45, 2.75) is 103 Å². The monoisotopic (exact) mass is 544 g/mol. The van der Waals surface area contributed by atoms with E-state index < -0.39 is 30.5 Å². The minimum absolute atomic E-state index is 0.0564. The lowest BCUT2D eigenvalue weighted by atomic mass is 9.86. The molecule has 204 valence electrons.